The number of nitrogens with zero attached hydrogens (tertiary/aromatic N) is 5. The van der Waals surface area contributed by atoms with Crippen LogP contribution in [0.4, 0.5) is 13.2 Å². The van der Waals surface area contributed by atoms with Crippen molar-refractivity contribution in [1.82, 2.24) is 24.7 Å². The van der Waals surface area contributed by atoms with Gasteiger partial charge < -0.3 is 9.47 Å². The van der Waals surface area contributed by atoms with Gasteiger partial charge in [0, 0.05) is 42.1 Å². The van der Waals surface area contributed by atoms with Gasteiger partial charge in [0.05, 0.1) is 23.6 Å². The number of aryl methyl sites for hydroxylation is 1. The minimum atomic E-state index is -4.46. The lowest BCUT2D eigenvalue weighted by molar-refractivity contribution is -0.163. The third kappa shape index (κ3) is 6.11. The van der Waals surface area contributed by atoms with E-state index in [-0.39, 0.29) is 6.29 Å². The normalized spacial score (nSPS) is 16.4. The smallest absolute Gasteiger partial charge is 0.353 e. The van der Waals surface area contributed by atoms with Gasteiger partial charge in [0.15, 0.2) is 17.1 Å². The zero-order chi connectivity index (χ0) is 25.8. The Kier molecular flexibility index (Phi) is 7.73. The molecule has 1 aromatic carbocycles. The summed E-state index contributed by atoms with van der Waals surface area (Å²) in [7, 11) is 0. The van der Waals surface area contributed by atoms with Gasteiger partial charge in [0.2, 0.25) is 0 Å². The van der Waals surface area contributed by atoms with Gasteiger partial charge in [-0.2, -0.15) is 18.3 Å². The minimum Gasteiger partial charge on any atom is -0.353 e. The van der Waals surface area contributed by atoms with Crippen molar-refractivity contribution in [3.8, 4) is 22.5 Å². The molecule has 1 fully saturated rings. The first-order chi connectivity index (χ1) is 17.9. The Balaban J connectivity index is 1.46. The van der Waals surface area contributed by atoms with E-state index in [1.54, 1.807) is 23.0 Å². The molecule has 0 N–H and O–H groups in total. The third-order valence-corrected chi connectivity index (χ3v) is 6.63. The molecule has 0 bridgehead atoms. The van der Waals surface area contributed by atoms with Crippen LogP contribution in [0.5, 0.6) is 0 Å². The third-order valence-electron chi connectivity index (χ3n) is 6.07. The summed E-state index contributed by atoms with van der Waals surface area (Å²) in [6.07, 6.45) is 4.62. The van der Waals surface area contributed by atoms with Crippen LogP contribution in [0.3, 0.4) is 0 Å². The highest BCUT2D eigenvalue weighted by atomic mass is 32.2. The maximum Gasteiger partial charge on any atom is 0.416 e. The molecule has 0 saturated carbocycles. The predicted molar refractivity (Wildman–Crippen MR) is 135 cm³/mol. The Morgan fingerprint density at radius 1 is 1.16 bits per heavy atom. The fraction of sp³-hybridized carbons (Fsp3) is 0.385. The van der Waals surface area contributed by atoms with Gasteiger partial charge in [-0.1, -0.05) is 23.9 Å². The number of benzene rings is 1. The van der Waals surface area contributed by atoms with Gasteiger partial charge in [-0.3, -0.25) is 4.68 Å². The molecular weight excluding hydrogens is 503 g/mol. The molecule has 37 heavy (non-hydrogen) atoms. The van der Waals surface area contributed by atoms with Crippen LogP contribution in [0.25, 0.3) is 33.5 Å². The summed E-state index contributed by atoms with van der Waals surface area (Å²) in [5, 5.41) is 5.91. The molecule has 1 aliphatic rings. The Morgan fingerprint density at radius 3 is 2.84 bits per heavy atom. The summed E-state index contributed by atoms with van der Waals surface area (Å²) in [5.41, 5.74) is 1.63. The van der Waals surface area contributed by atoms with E-state index in [0.717, 1.165) is 49.8 Å². The van der Waals surface area contributed by atoms with Crippen LogP contribution in [0, 0.1) is 0 Å². The van der Waals surface area contributed by atoms with Gasteiger partial charge in [0.25, 0.3) is 0 Å². The van der Waals surface area contributed by atoms with Crippen LogP contribution in [0.2, 0.25) is 0 Å². The van der Waals surface area contributed by atoms with E-state index >= 15 is 0 Å². The number of rotatable bonds is 8. The van der Waals surface area contributed by atoms with Crippen LogP contribution in [0.1, 0.15) is 31.2 Å². The number of fused-ring (bicyclic) bond motifs is 1. The lowest BCUT2D eigenvalue weighted by atomic mass is 10.0. The van der Waals surface area contributed by atoms with Crippen molar-refractivity contribution in [2.75, 3.05) is 19.5 Å². The van der Waals surface area contributed by atoms with Gasteiger partial charge in [-0.15, -0.1) is 0 Å². The second-order valence-electron chi connectivity index (χ2n) is 8.72. The van der Waals surface area contributed by atoms with Crippen molar-refractivity contribution < 1.29 is 22.6 Å². The molecule has 0 radical (unpaired) electrons. The number of aromatic nitrogens is 5. The molecule has 7 nitrogen and oxygen atoms in total. The van der Waals surface area contributed by atoms with E-state index in [1.165, 1.54) is 17.8 Å². The summed E-state index contributed by atoms with van der Waals surface area (Å²) in [6, 6.07) is 8.76. The minimum absolute atomic E-state index is 0.135. The summed E-state index contributed by atoms with van der Waals surface area (Å²) in [6.45, 7) is 1.90. The average Bonchev–Trinajstić information content (AvgIpc) is 3.32. The van der Waals surface area contributed by atoms with E-state index in [4.69, 9.17) is 14.5 Å². The summed E-state index contributed by atoms with van der Waals surface area (Å²) in [5.74, 6) is 0. The summed E-state index contributed by atoms with van der Waals surface area (Å²) < 4.78 is 53.5. The van der Waals surface area contributed by atoms with E-state index in [9.17, 15) is 13.2 Å². The van der Waals surface area contributed by atoms with Crippen molar-refractivity contribution in [3.05, 3.63) is 54.4 Å². The Morgan fingerprint density at radius 2 is 2.05 bits per heavy atom. The molecule has 0 spiro atoms. The van der Waals surface area contributed by atoms with Gasteiger partial charge in [0.1, 0.15) is 0 Å². The molecule has 0 aliphatic carbocycles. The maximum atomic E-state index is 13.5. The van der Waals surface area contributed by atoms with Crippen molar-refractivity contribution in [1.29, 1.82) is 0 Å². The van der Waals surface area contributed by atoms with Crippen LogP contribution >= 0.6 is 11.8 Å². The first-order valence-electron chi connectivity index (χ1n) is 12.1. The van der Waals surface area contributed by atoms with Crippen LogP contribution in [0.15, 0.2) is 53.9 Å². The molecule has 3 aromatic heterocycles. The molecule has 1 saturated heterocycles. The zero-order valence-electron chi connectivity index (χ0n) is 20.2. The van der Waals surface area contributed by atoms with Gasteiger partial charge >= 0.3 is 6.18 Å². The zero-order valence-corrected chi connectivity index (χ0v) is 21.1. The maximum absolute atomic E-state index is 13.5. The Hall–Kier alpha value is -3.02. The fourth-order valence-electron chi connectivity index (χ4n) is 4.25. The number of hydrogen-bond donors (Lipinski definition) is 0. The highest BCUT2D eigenvalue weighted by molar-refractivity contribution is 7.98. The molecule has 1 unspecified atom stereocenters. The first-order valence-corrected chi connectivity index (χ1v) is 13.3. The van der Waals surface area contributed by atoms with Crippen molar-refractivity contribution in [2.24, 2.45) is 0 Å². The SMILES string of the molecule is CSc1nccc(-c2cc3cn(CCCOC4CCCCO4)nc3nc2-c2cccc(C(F)(F)F)c2)n1. The average molecular weight is 530 g/mol. The molecule has 0 amide bonds. The number of hydrogen-bond acceptors (Lipinski definition) is 7. The number of halogens is 3. The molecular formula is C26H26F3N5O2S. The number of pyridine rings is 1. The standard InChI is InChI=1S/C26H26F3N5O2S/c1-37-25-30-10-9-21(31-25)20-15-18-16-34(11-5-13-36-22-8-2-3-12-35-22)33-24(18)32-23(20)17-6-4-7-19(14-17)26(27,28)29/h4,6-7,9-10,14-16,22H,2-3,5,8,11-13H2,1H3. The predicted octanol–water partition coefficient (Wildman–Crippen LogP) is 6.23. The molecule has 4 aromatic rings. The van der Waals surface area contributed by atoms with Crippen molar-refractivity contribution in [3.63, 3.8) is 0 Å². The largest absolute Gasteiger partial charge is 0.416 e. The van der Waals surface area contributed by atoms with Gasteiger partial charge in [-0.25, -0.2) is 15.0 Å². The van der Waals surface area contributed by atoms with E-state index in [2.05, 4.69) is 15.1 Å². The van der Waals surface area contributed by atoms with E-state index < -0.39 is 11.7 Å². The molecule has 1 aliphatic heterocycles. The quantitative estimate of drug-likeness (QED) is 0.152. The second kappa shape index (κ2) is 11.2. The highest BCUT2D eigenvalue weighted by Gasteiger charge is 2.31. The Labute approximate surface area is 216 Å². The first kappa shape index (κ1) is 25.6. The van der Waals surface area contributed by atoms with E-state index in [1.807, 2.05) is 18.5 Å². The number of thioether (sulfide) groups is 1. The lowest BCUT2D eigenvalue weighted by Crippen LogP contribution is -2.23. The Bertz CT molecular complexity index is 1370. The summed E-state index contributed by atoms with van der Waals surface area (Å²) >= 11 is 1.39. The number of ether oxygens (including phenoxy) is 2. The highest BCUT2D eigenvalue weighted by Crippen LogP contribution is 2.36. The molecule has 1 atom stereocenters. The van der Waals surface area contributed by atoms with Crippen LogP contribution in [-0.4, -0.2) is 50.5 Å². The van der Waals surface area contributed by atoms with Gasteiger partial charge in [-0.05, 0) is 56.2 Å². The topological polar surface area (TPSA) is 75.0 Å². The molecule has 11 heteroatoms. The summed E-state index contributed by atoms with van der Waals surface area (Å²) in [4.78, 5) is 13.5. The lowest BCUT2D eigenvalue weighted by Gasteiger charge is -2.22. The molecule has 194 valence electrons. The van der Waals surface area contributed by atoms with Crippen LogP contribution in [-0.2, 0) is 22.2 Å². The molecule has 5 rings (SSSR count). The fourth-order valence-corrected chi connectivity index (χ4v) is 4.61. The van der Waals surface area contributed by atoms with Crippen LogP contribution < -0.4 is 0 Å². The van der Waals surface area contributed by atoms with E-state index in [0.29, 0.717) is 46.5 Å². The van der Waals surface area contributed by atoms with Crippen molar-refractivity contribution >= 4 is 22.8 Å². The second-order valence-corrected chi connectivity index (χ2v) is 9.49. The molecule has 4 heterocycles. The monoisotopic (exact) mass is 529 g/mol. The number of alkyl halides is 3. The van der Waals surface area contributed by atoms with Crippen molar-refractivity contribution in [2.45, 2.75) is 49.9 Å².